The maximum absolute atomic E-state index is 12.4. The van der Waals surface area contributed by atoms with Gasteiger partial charge in [0, 0.05) is 44.9 Å². The minimum atomic E-state index is -0.103. The predicted octanol–water partition coefficient (Wildman–Crippen LogP) is 2.07. The number of carbonyl (C=O) groups excluding carboxylic acids is 2. The van der Waals surface area contributed by atoms with Gasteiger partial charge < -0.3 is 9.64 Å². The summed E-state index contributed by atoms with van der Waals surface area (Å²) in [4.78, 5) is 28.9. The molecular weight excluding hydrogens is 292 g/mol. The summed E-state index contributed by atoms with van der Waals surface area (Å²) in [6, 6.07) is 0.379. The molecule has 3 atom stereocenters. The second-order valence-corrected chi connectivity index (χ2v) is 6.96. The van der Waals surface area contributed by atoms with E-state index in [2.05, 4.69) is 11.8 Å². The highest BCUT2D eigenvalue weighted by molar-refractivity contribution is 5.96. The third-order valence-electron chi connectivity index (χ3n) is 4.83. The van der Waals surface area contributed by atoms with Gasteiger partial charge in [-0.2, -0.15) is 0 Å². The monoisotopic (exact) mass is 322 g/mol. The van der Waals surface area contributed by atoms with Crippen LogP contribution in [0.4, 0.5) is 0 Å². The largest absolute Gasteiger partial charge is 0.466 e. The number of ether oxygens (including phenoxy) is 1. The number of likely N-dealkylation sites (tertiary alicyclic amines) is 1. The Balaban J connectivity index is 2.16. The van der Waals surface area contributed by atoms with Crippen molar-refractivity contribution in [3.05, 3.63) is 11.8 Å². The fourth-order valence-corrected chi connectivity index (χ4v) is 3.95. The van der Waals surface area contributed by atoms with Crippen molar-refractivity contribution < 1.29 is 14.3 Å². The van der Waals surface area contributed by atoms with Crippen LogP contribution in [0, 0.1) is 11.8 Å². The Bertz CT molecular complexity index is 473. The van der Waals surface area contributed by atoms with Gasteiger partial charge in [0.15, 0.2) is 5.78 Å². The van der Waals surface area contributed by atoms with Crippen molar-refractivity contribution in [1.29, 1.82) is 0 Å². The highest BCUT2D eigenvalue weighted by Crippen LogP contribution is 2.38. The van der Waals surface area contributed by atoms with Crippen molar-refractivity contribution in [3.63, 3.8) is 0 Å². The van der Waals surface area contributed by atoms with Gasteiger partial charge in [-0.15, -0.1) is 0 Å². The van der Waals surface area contributed by atoms with Crippen molar-refractivity contribution >= 4 is 11.8 Å². The number of rotatable bonds is 5. The standard InChI is InChI=1S/C18H30N2O3/c1-5-7-20-12-15(18(22)23-6-2)8-13-10-17(21)14(9-16(13)20)11-19(3)4/h11,13,15-16H,5-10,12H2,1-4H3/b14-11+. The van der Waals surface area contributed by atoms with E-state index in [9.17, 15) is 9.59 Å². The highest BCUT2D eigenvalue weighted by atomic mass is 16.5. The van der Waals surface area contributed by atoms with Crippen LogP contribution in [-0.4, -0.2) is 61.4 Å². The quantitative estimate of drug-likeness (QED) is 0.573. The van der Waals surface area contributed by atoms with Crippen LogP contribution in [-0.2, 0) is 14.3 Å². The van der Waals surface area contributed by atoms with E-state index in [1.165, 1.54) is 0 Å². The van der Waals surface area contributed by atoms with Crippen molar-refractivity contribution in [1.82, 2.24) is 9.80 Å². The zero-order valence-corrected chi connectivity index (χ0v) is 14.9. The molecule has 5 heteroatoms. The lowest BCUT2D eigenvalue weighted by atomic mass is 9.72. The molecule has 2 rings (SSSR count). The molecule has 0 aromatic carbocycles. The molecule has 1 aliphatic carbocycles. The highest BCUT2D eigenvalue weighted by Gasteiger charge is 2.43. The Kier molecular flexibility index (Phi) is 6.22. The van der Waals surface area contributed by atoms with Crippen LogP contribution in [0.25, 0.3) is 0 Å². The molecule has 0 bridgehead atoms. The minimum absolute atomic E-state index is 0.0880. The van der Waals surface area contributed by atoms with E-state index in [4.69, 9.17) is 4.74 Å². The Labute approximate surface area is 139 Å². The number of carbonyl (C=O) groups is 2. The van der Waals surface area contributed by atoms with E-state index in [1.54, 1.807) is 0 Å². The van der Waals surface area contributed by atoms with Crippen molar-refractivity contribution in [2.24, 2.45) is 11.8 Å². The zero-order valence-electron chi connectivity index (χ0n) is 14.9. The Morgan fingerprint density at radius 3 is 2.70 bits per heavy atom. The SMILES string of the molecule is CCCN1CC(C(=O)OCC)CC2CC(=O)/C(=C/N(C)C)CC21. The summed E-state index contributed by atoms with van der Waals surface area (Å²) in [5.74, 6) is 0.321. The van der Waals surface area contributed by atoms with Crippen LogP contribution < -0.4 is 0 Å². The Hall–Kier alpha value is -1.36. The fraction of sp³-hybridized carbons (Fsp3) is 0.778. The molecule has 2 fully saturated rings. The number of esters is 1. The van der Waals surface area contributed by atoms with Crippen LogP contribution >= 0.6 is 0 Å². The molecule has 0 aromatic rings. The van der Waals surface area contributed by atoms with Gasteiger partial charge in [0.1, 0.15) is 0 Å². The van der Waals surface area contributed by atoms with Crippen molar-refractivity contribution in [2.45, 2.75) is 45.6 Å². The molecule has 1 aliphatic heterocycles. The normalized spacial score (nSPS) is 30.2. The molecule has 0 aromatic heterocycles. The van der Waals surface area contributed by atoms with Gasteiger partial charge in [0.2, 0.25) is 0 Å². The average molecular weight is 322 g/mol. The van der Waals surface area contributed by atoms with E-state index in [1.807, 2.05) is 32.1 Å². The number of Topliss-reactive ketones (excluding diaryl/α,β-unsaturated/α-hetero) is 1. The molecule has 3 unspecified atom stereocenters. The predicted molar refractivity (Wildman–Crippen MR) is 89.9 cm³/mol. The van der Waals surface area contributed by atoms with Gasteiger partial charge in [0.05, 0.1) is 12.5 Å². The second kappa shape index (κ2) is 7.95. The molecule has 5 nitrogen and oxygen atoms in total. The van der Waals surface area contributed by atoms with E-state index in [-0.39, 0.29) is 23.6 Å². The van der Waals surface area contributed by atoms with Crippen LogP contribution in [0.3, 0.4) is 0 Å². The molecule has 23 heavy (non-hydrogen) atoms. The number of nitrogens with zero attached hydrogens (tertiary/aromatic N) is 2. The lowest BCUT2D eigenvalue weighted by Crippen LogP contribution is -2.53. The van der Waals surface area contributed by atoms with Gasteiger partial charge in [-0.25, -0.2) is 0 Å². The van der Waals surface area contributed by atoms with E-state index >= 15 is 0 Å². The van der Waals surface area contributed by atoms with Gasteiger partial charge in [0.25, 0.3) is 0 Å². The smallest absolute Gasteiger partial charge is 0.310 e. The third-order valence-corrected chi connectivity index (χ3v) is 4.83. The number of piperidine rings is 1. The average Bonchev–Trinajstić information content (AvgIpc) is 2.48. The zero-order chi connectivity index (χ0) is 17.0. The molecule has 1 heterocycles. The first-order valence-electron chi connectivity index (χ1n) is 8.77. The lowest BCUT2D eigenvalue weighted by Gasteiger charge is -2.46. The lowest BCUT2D eigenvalue weighted by molar-refractivity contribution is -0.152. The number of hydrogen-bond donors (Lipinski definition) is 0. The molecule has 1 saturated carbocycles. The van der Waals surface area contributed by atoms with Crippen LogP contribution in [0.5, 0.6) is 0 Å². The summed E-state index contributed by atoms with van der Waals surface area (Å²) in [6.07, 6.45) is 5.15. The summed E-state index contributed by atoms with van der Waals surface area (Å²) in [6.45, 7) is 6.16. The van der Waals surface area contributed by atoms with Crippen molar-refractivity contribution in [3.8, 4) is 0 Å². The third kappa shape index (κ3) is 4.34. The molecule has 0 spiro atoms. The molecule has 2 aliphatic rings. The van der Waals surface area contributed by atoms with Gasteiger partial charge in [-0.05, 0) is 38.6 Å². The number of fused-ring (bicyclic) bond motifs is 1. The van der Waals surface area contributed by atoms with Gasteiger partial charge in [-0.1, -0.05) is 6.92 Å². The molecule has 0 amide bonds. The van der Waals surface area contributed by atoms with E-state index in [0.717, 1.165) is 37.9 Å². The van der Waals surface area contributed by atoms with Crippen molar-refractivity contribution in [2.75, 3.05) is 33.8 Å². The topological polar surface area (TPSA) is 49.9 Å². The minimum Gasteiger partial charge on any atom is -0.466 e. The van der Waals surface area contributed by atoms with Crippen LogP contribution in [0.1, 0.15) is 39.5 Å². The molecular formula is C18H30N2O3. The first-order chi connectivity index (χ1) is 11.0. The molecule has 0 N–H and O–H groups in total. The molecule has 1 saturated heterocycles. The number of hydrogen-bond acceptors (Lipinski definition) is 5. The van der Waals surface area contributed by atoms with Gasteiger partial charge >= 0.3 is 5.97 Å². The Morgan fingerprint density at radius 2 is 2.09 bits per heavy atom. The number of ketones is 1. The molecule has 130 valence electrons. The maximum Gasteiger partial charge on any atom is 0.310 e. The molecule has 0 radical (unpaired) electrons. The fourth-order valence-electron chi connectivity index (χ4n) is 3.95. The maximum atomic E-state index is 12.4. The van der Waals surface area contributed by atoms with E-state index < -0.39 is 0 Å². The van der Waals surface area contributed by atoms with E-state index in [0.29, 0.717) is 19.1 Å². The van der Waals surface area contributed by atoms with Crippen LogP contribution in [0.2, 0.25) is 0 Å². The summed E-state index contributed by atoms with van der Waals surface area (Å²) >= 11 is 0. The van der Waals surface area contributed by atoms with Crippen LogP contribution in [0.15, 0.2) is 11.8 Å². The summed E-state index contributed by atoms with van der Waals surface area (Å²) in [5.41, 5.74) is 0.923. The summed E-state index contributed by atoms with van der Waals surface area (Å²) in [5, 5.41) is 0. The second-order valence-electron chi connectivity index (χ2n) is 6.96. The van der Waals surface area contributed by atoms with Gasteiger partial charge in [-0.3, -0.25) is 14.5 Å². The first kappa shape index (κ1) is 18.0. The summed E-state index contributed by atoms with van der Waals surface area (Å²) in [7, 11) is 3.90. The Morgan fingerprint density at radius 1 is 1.35 bits per heavy atom. The first-order valence-corrected chi connectivity index (χ1v) is 8.77. The summed E-state index contributed by atoms with van der Waals surface area (Å²) < 4.78 is 5.22.